The minimum absolute atomic E-state index is 0.598. The van der Waals surface area contributed by atoms with Gasteiger partial charge in [0.25, 0.3) is 0 Å². The number of para-hydroxylation sites is 6. The summed E-state index contributed by atoms with van der Waals surface area (Å²) in [5.41, 5.74) is 8.65. The SMILES string of the molecule is c1ccc(-n2c(-c3nc(-c4nc5ccccc5n4-c4ccccc4)c4oc5ccccc5c4n3)cc3ccccc32)cc1. The van der Waals surface area contributed by atoms with Crippen LogP contribution in [0.5, 0.6) is 0 Å². The van der Waals surface area contributed by atoms with Crippen molar-refractivity contribution in [2.75, 3.05) is 0 Å². The maximum Gasteiger partial charge on any atom is 0.183 e. The Labute approximate surface area is 246 Å². The molecule has 9 rings (SSSR count). The minimum Gasteiger partial charge on any atom is -0.452 e. The van der Waals surface area contributed by atoms with Crippen LogP contribution in [0.4, 0.5) is 0 Å². The van der Waals surface area contributed by atoms with E-state index < -0.39 is 0 Å². The molecule has 0 unspecified atom stereocenters. The average molecular weight is 554 g/mol. The first-order valence-electron chi connectivity index (χ1n) is 14.2. The Morgan fingerprint density at radius 2 is 1.19 bits per heavy atom. The molecule has 4 heterocycles. The van der Waals surface area contributed by atoms with Gasteiger partial charge in [0.1, 0.15) is 11.1 Å². The predicted molar refractivity (Wildman–Crippen MR) is 172 cm³/mol. The largest absolute Gasteiger partial charge is 0.452 e. The number of hydrogen-bond acceptors (Lipinski definition) is 4. The van der Waals surface area contributed by atoms with Crippen LogP contribution in [0, 0.1) is 0 Å². The van der Waals surface area contributed by atoms with Gasteiger partial charge >= 0.3 is 0 Å². The summed E-state index contributed by atoms with van der Waals surface area (Å²) in [4.78, 5) is 15.6. The molecule has 0 atom stereocenters. The van der Waals surface area contributed by atoms with E-state index in [9.17, 15) is 0 Å². The molecule has 0 N–H and O–H groups in total. The van der Waals surface area contributed by atoms with Crippen molar-refractivity contribution in [1.82, 2.24) is 24.1 Å². The lowest BCUT2D eigenvalue weighted by atomic mass is 10.2. The molecule has 0 spiro atoms. The fraction of sp³-hybridized carbons (Fsp3) is 0. The second-order valence-electron chi connectivity index (χ2n) is 10.5. The highest BCUT2D eigenvalue weighted by Gasteiger charge is 2.25. The zero-order valence-corrected chi connectivity index (χ0v) is 22.9. The Bertz CT molecular complexity index is 2450. The summed E-state index contributed by atoms with van der Waals surface area (Å²) < 4.78 is 10.9. The van der Waals surface area contributed by atoms with Crippen LogP contribution in [-0.2, 0) is 0 Å². The third-order valence-corrected chi connectivity index (χ3v) is 7.96. The van der Waals surface area contributed by atoms with E-state index in [1.807, 2.05) is 60.7 Å². The predicted octanol–water partition coefficient (Wildman–Crippen LogP) is 8.99. The van der Waals surface area contributed by atoms with Crippen molar-refractivity contribution in [2.24, 2.45) is 0 Å². The molecule has 6 nitrogen and oxygen atoms in total. The lowest BCUT2D eigenvalue weighted by molar-refractivity contribution is 0.666. The number of nitrogens with zero attached hydrogens (tertiary/aromatic N) is 5. The van der Waals surface area contributed by atoms with Crippen molar-refractivity contribution in [3.63, 3.8) is 0 Å². The number of fused-ring (bicyclic) bond motifs is 5. The average Bonchev–Trinajstić information content (AvgIpc) is 3.76. The second-order valence-corrected chi connectivity index (χ2v) is 10.5. The Morgan fingerprint density at radius 1 is 0.535 bits per heavy atom. The number of hydrogen-bond donors (Lipinski definition) is 0. The molecule has 0 saturated carbocycles. The van der Waals surface area contributed by atoms with Crippen LogP contribution in [0.15, 0.2) is 144 Å². The van der Waals surface area contributed by atoms with Crippen LogP contribution in [0.1, 0.15) is 0 Å². The van der Waals surface area contributed by atoms with E-state index >= 15 is 0 Å². The van der Waals surface area contributed by atoms with Gasteiger partial charge in [-0.15, -0.1) is 0 Å². The van der Waals surface area contributed by atoms with Gasteiger partial charge in [0, 0.05) is 22.1 Å². The van der Waals surface area contributed by atoms with Crippen LogP contribution >= 0.6 is 0 Å². The summed E-state index contributed by atoms with van der Waals surface area (Å²) in [6.45, 7) is 0. The molecule has 0 saturated heterocycles. The van der Waals surface area contributed by atoms with Gasteiger partial charge in [-0.2, -0.15) is 0 Å². The second kappa shape index (κ2) is 9.26. The molecule has 6 heteroatoms. The van der Waals surface area contributed by atoms with Gasteiger partial charge in [-0.05, 0) is 60.7 Å². The van der Waals surface area contributed by atoms with Crippen LogP contribution in [-0.4, -0.2) is 24.1 Å². The van der Waals surface area contributed by atoms with Crippen molar-refractivity contribution < 1.29 is 4.42 Å². The van der Waals surface area contributed by atoms with Gasteiger partial charge in [-0.1, -0.05) is 78.9 Å². The Balaban J connectivity index is 1.42. The molecule has 43 heavy (non-hydrogen) atoms. The summed E-state index contributed by atoms with van der Waals surface area (Å²) in [6, 6.07) is 47.3. The van der Waals surface area contributed by atoms with E-state index in [0.717, 1.165) is 55.5 Å². The third kappa shape index (κ3) is 3.63. The van der Waals surface area contributed by atoms with Crippen molar-refractivity contribution in [3.8, 4) is 34.4 Å². The first-order valence-corrected chi connectivity index (χ1v) is 14.2. The Hall–Kier alpha value is -6.01. The molecule has 202 valence electrons. The van der Waals surface area contributed by atoms with Crippen LogP contribution in [0.3, 0.4) is 0 Å². The van der Waals surface area contributed by atoms with Crippen LogP contribution in [0.2, 0.25) is 0 Å². The first kappa shape index (κ1) is 23.7. The minimum atomic E-state index is 0.598. The number of furan rings is 1. The number of imidazole rings is 1. The highest BCUT2D eigenvalue weighted by Crippen LogP contribution is 2.39. The van der Waals surface area contributed by atoms with Gasteiger partial charge in [0.15, 0.2) is 22.9 Å². The molecule has 5 aromatic carbocycles. The van der Waals surface area contributed by atoms with Gasteiger partial charge in [-0.25, -0.2) is 15.0 Å². The number of benzene rings is 5. The fourth-order valence-corrected chi connectivity index (χ4v) is 6.05. The van der Waals surface area contributed by atoms with E-state index in [2.05, 4.69) is 88.0 Å². The molecule has 0 fully saturated rings. The molecule has 0 radical (unpaired) electrons. The van der Waals surface area contributed by atoms with Crippen LogP contribution in [0.25, 0.3) is 78.4 Å². The summed E-state index contributed by atoms with van der Waals surface area (Å²) in [5.74, 6) is 1.29. The molecule has 4 aromatic heterocycles. The molecular formula is C37H23N5O. The van der Waals surface area contributed by atoms with E-state index in [-0.39, 0.29) is 0 Å². The van der Waals surface area contributed by atoms with E-state index in [4.69, 9.17) is 19.4 Å². The van der Waals surface area contributed by atoms with Crippen molar-refractivity contribution >= 4 is 44.0 Å². The van der Waals surface area contributed by atoms with Gasteiger partial charge in [-0.3, -0.25) is 4.57 Å². The topological polar surface area (TPSA) is 61.7 Å². The molecule has 0 amide bonds. The normalized spacial score (nSPS) is 11.7. The fourth-order valence-electron chi connectivity index (χ4n) is 6.05. The van der Waals surface area contributed by atoms with E-state index in [1.54, 1.807) is 0 Å². The zero-order valence-electron chi connectivity index (χ0n) is 22.9. The smallest absolute Gasteiger partial charge is 0.183 e. The lowest BCUT2D eigenvalue weighted by Gasteiger charge is -2.12. The van der Waals surface area contributed by atoms with Crippen molar-refractivity contribution in [2.45, 2.75) is 0 Å². The summed E-state index contributed by atoms with van der Waals surface area (Å²) >= 11 is 0. The maximum absolute atomic E-state index is 6.50. The monoisotopic (exact) mass is 553 g/mol. The molecule has 0 aliphatic heterocycles. The molecule has 0 aliphatic carbocycles. The van der Waals surface area contributed by atoms with Crippen molar-refractivity contribution in [3.05, 3.63) is 140 Å². The summed E-state index contributed by atoms with van der Waals surface area (Å²) in [5, 5.41) is 2.05. The maximum atomic E-state index is 6.50. The zero-order chi connectivity index (χ0) is 28.3. The van der Waals surface area contributed by atoms with Gasteiger partial charge in [0.2, 0.25) is 0 Å². The number of aromatic nitrogens is 5. The molecule has 0 bridgehead atoms. The van der Waals surface area contributed by atoms with E-state index in [0.29, 0.717) is 22.9 Å². The molecular weight excluding hydrogens is 530 g/mol. The molecule has 0 aliphatic rings. The third-order valence-electron chi connectivity index (χ3n) is 7.96. The lowest BCUT2D eigenvalue weighted by Crippen LogP contribution is -2.03. The van der Waals surface area contributed by atoms with E-state index in [1.165, 1.54) is 0 Å². The van der Waals surface area contributed by atoms with Gasteiger partial charge in [0.05, 0.1) is 22.2 Å². The highest BCUT2D eigenvalue weighted by molar-refractivity contribution is 6.07. The van der Waals surface area contributed by atoms with Gasteiger partial charge < -0.3 is 8.98 Å². The van der Waals surface area contributed by atoms with Crippen LogP contribution < -0.4 is 0 Å². The number of rotatable bonds is 4. The Kier molecular flexibility index (Phi) is 5.10. The standard InChI is InChI=1S/C37H23N5O/c1-3-14-25(15-4-1)41-29-20-10-7-13-24(29)23-31(41)36-39-33-27-18-8-12-22-32(27)43-35(33)34(40-36)37-38-28-19-9-11-21-30(28)42(37)26-16-5-2-6-17-26/h1-23H. The first-order chi connectivity index (χ1) is 21.3. The summed E-state index contributed by atoms with van der Waals surface area (Å²) in [7, 11) is 0. The highest BCUT2D eigenvalue weighted by atomic mass is 16.3. The van der Waals surface area contributed by atoms with Crippen molar-refractivity contribution in [1.29, 1.82) is 0 Å². The molecule has 9 aromatic rings. The summed E-state index contributed by atoms with van der Waals surface area (Å²) in [6.07, 6.45) is 0. The Morgan fingerprint density at radius 3 is 2.00 bits per heavy atom. The quantitative estimate of drug-likeness (QED) is 0.218.